The molecule has 0 heterocycles. The fourth-order valence-electron chi connectivity index (χ4n) is 2.75. The molecule has 3 aromatic carbocycles. The van der Waals surface area contributed by atoms with E-state index in [1.165, 1.54) is 12.1 Å². The summed E-state index contributed by atoms with van der Waals surface area (Å²) >= 11 is -2.45. The van der Waals surface area contributed by atoms with E-state index in [1.54, 1.807) is 25.3 Å². The minimum absolute atomic E-state index is 0.176. The predicted molar refractivity (Wildman–Crippen MR) is 106 cm³/mol. The zero-order chi connectivity index (χ0) is 20.3. The molecule has 0 radical (unpaired) electrons. The Morgan fingerprint density at radius 1 is 0.964 bits per heavy atom. The van der Waals surface area contributed by atoms with E-state index in [2.05, 4.69) is 0 Å². The van der Waals surface area contributed by atoms with Gasteiger partial charge >= 0.3 is 5.97 Å². The van der Waals surface area contributed by atoms with Crippen LogP contribution in [0.5, 0.6) is 11.5 Å². The van der Waals surface area contributed by atoms with Gasteiger partial charge in [0.05, 0.1) is 18.5 Å². The molecule has 0 aromatic heterocycles. The zero-order valence-corrected chi connectivity index (χ0v) is 15.6. The molecule has 1 atom stereocenters. The number of carbonyl (C=O) groups is 1. The number of ether oxygens (including phenoxy) is 1. The number of methoxy groups -OCH3 is 1. The number of rotatable bonds is 6. The molecule has 3 N–H and O–H groups in total. The third-order valence-electron chi connectivity index (χ3n) is 4.11. The van der Waals surface area contributed by atoms with E-state index in [4.69, 9.17) is 9.84 Å². The molecule has 0 fully saturated rings. The van der Waals surface area contributed by atoms with Crippen LogP contribution in [0.3, 0.4) is 0 Å². The van der Waals surface area contributed by atoms with Gasteiger partial charge in [0.2, 0.25) is 0 Å². The number of nitrogens with zero attached hydrogens (tertiary/aromatic N) is 1. The Bertz CT molecular complexity index is 1040. The monoisotopic (exact) mass is 399 g/mol. The highest BCUT2D eigenvalue weighted by atomic mass is 32.2. The highest BCUT2D eigenvalue weighted by Crippen LogP contribution is 2.33. The van der Waals surface area contributed by atoms with E-state index in [9.17, 15) is 18.7 Å². The summed E-state index contributed by atoms with van der Waals surface area (Å²) in [4.78, 5) is 11.1. The van der Waals surface area contributed by atoms with Crippen molar-refractivity contribution in [1.82, 2.24) is 0 Å². The van der Waals surface area contributed by atoms with E-state index >= 15 is 0 Å². The number of hydrogen-bond donors (Lipinski definition) is 3. The van der Waals surface area contributed by atoms with Crippen LogP contribution in [0.1, 0.15) is 10.4 Å². The number of anilines is 2. The zero-order valence-electron chi connectivity index (χ0n) is 14.8. The van der Waals surface area contributed by atoms with E-state index in [0.717, 1.165) is 21.5 Å². The van der Waals surface area contributed by atoms with Gasteiger partial charge in [0, 0.05) is 6.07 Å². The summed E-state index contributed by atoms with van der Waals surface area (Å²) in [5, 5.41) is 19.0. The van der Waals surface area contributed by atoms with Crippen LogP contribution in [0.25, 0.3) is 11.1 Å². The molecule has 0 aliphatic rings. The summed E-state index contributed by atoms with van der Waals surface area (Å²) in [6, 6.07) is 18.0. The Morgan fingerprint density at radius 3 is 2.21 bits per heavy atom. The van der Waals surface area contributed by atoms with Crippen LogP contribution >= 0.6 is 0 Å². The van der Waals surface area contributed by atoms with E-state index < -0.39 is 23.0 Å². The topological polar surface area (TPSA) is 107 Å². The number of benzene rings is 3. The Morgan fingerprint density at radius 2 is 1.64 bits per heavy atom. The van der Waals surface area contributed by atoms with E-state index in [1.807, 2.05) is 30.3 Å². The van der Waals surface area contributed by atoms with Gasteiger partial charge in [-0.05, 0) is 47.5 Å². The van der Waals surface area contributed by atoms with Crippen molar-refractivity contribution in [1.29, 1.82) is 0 Å². The average molecular weight is 399 g/mol. The molecular weight excluding hydrogens is 382 g/mol. The second-order valence-corrected chi connectivity index (χ2v) is 6.64. The Kier molecular flexibility index (Phi) is 5.62. The smallest absolute Gasteiger partial charge is 0.339 e. The lowest BCUT2D eigenvalue weighted by Gasteiger charge is -2.21. The Balaban J connectivity index is 2.02. The maximum absolute atomic E-state index is 12.0. The van der Waals surface area contributed by atoms with Gasteiger partial charge in [0.25, 0.3) is 11.3 Å². The first kappa shape index (κ1) is 19.4. The summed E-state index contributed by atoms with van der Waals surface area (Å²) in [5.74, 6) is -1.07. The summed E-state index contributed by atoms with van der Waals surface area (Å²) in [7, 11) is 1.58. The van der Waals surface area contributed by atoms with E-state index in [0.29, 0.717) is 11.4 Å². The molecule has 0 saturated carbocycles. The van der Waals surface area contributed by atoms with Crippen molar-refractivity contribution in [2.45, 2.75) is 0 Å². The molecule has 8 heteroatoms. The SMILES string of the molecule is COc1ccc(-c2cccc(N(c3ccc(C(=O)O)c(O)c3)S(=O)O)c2)cc1. The molecular formula is C20H17NO6S. The standard InChI is InChI=1S/C20H17NO6S/c1-27-17-8-5-13(6-9-17)14-3-2-4-15(11-14)21(28(25)26)16-7-10-18(20(23)24)19(22)12-16/h2-12,22H,1H3,(H,23,24)(H,25,26). The minimum atomic E-state index is -2.45. The predicted octanol–water partition coefficient (Wildman–Crippen LogP) is 4.04. The summed E-state index contributed by atoms with van der Waals surface area (Å²) in [6.45, 7) is 0. The van der Waals surface area contributed by atoms with Crippen molar-refractivity contribution in [3.63, 3.8) is 0 Å². The number of carboxylic acids is 1. The van der Waals surface area contributed by atoms with Crippen molar-refractivity contribution >= 4 is 28.6 Å². The molecule has 3 aromatic rings. The normalized spacial score (nSPS) is 11.6. The first-order chi connectivity index (χ1) is 13.4. The number of phenols is 1. The number of aromatic carboxylic acids is 1. The van der Waals surface area contributed by atoms with Crippen LogP contribution in [-0.4, -0.2) is 32.1 Å². The molecule has 0 bridgehead atoms. The van der Waals surface area contributed by atoms with Crippen LogP contribution in [0, 0.1) is 0 Å². The van der Waals surface area contributed by atoms with Gasteiger partial charge in [0.15, 0.2) is 0 Å². The Hall–Kier alpha value is -3.36. The highest BCUT2D eigenvalue weighted by molar-refractivity contribution is 7.81. The molecule has 0 aliphatic carbocycles. The lowest BCUT2D eigenvalue weighted by molar-refractivity contribution is 0.0694. The second-order valence-electron chi connectivity index (χ2n) is 5.81. The summed E-state index contributed by atoms with van der Waals surface area (Å²) in [5.41, 5.74) is 1.98. The number of aromatic hydroxyl groups is 1. The minimum Gasteiger partial charge on any atom is -0.507 e. The molecule has 0 aliphatic heterocycles. The fourth-order valence-corrected chi connectivity index (χ4v) is 3.34. The molecule has 144 valence electrons. The van der Waals surface area contributed by atoms with Crippen LogP contribution in [0.4, 0.5) is 11.4 Å². The first-order valence-corrected chi connectivity index (χ1v) is 9.19. The maximum Gasteiger partial charge on any atom is 0.339 e. The molecule has 0 saturated heterocycles. The van der Waals surface area contributed by atoms with Crippen molar-refractivity contribution < 1.29 is 28.5 Å². The van der Waals surface area contributed by atoms with Gasteiger partial charge < -0.3 is 14.9 Å². The number of carboxylic acid groups (broad SMARTS) is 1. The van der Waals surface area contributed by atoms with Crippen LogP contribution in [0.2, 0.25) is 0 Å². The number of hydrogen-bond acceptors (Lipinski definition) is 4. The first-order valence-electron chi connectivity index (χ1n) is 8.12. The second kappa shape index (κ2) is 8.12. The molecule has 1 unspecified atom stereocenters. The van der Waals surface area contributed by atoms with Crippen molar-refractivity contribution in [3.05, 3.63) is 72.3 Å². The fraction of sp³-hybridized carbons (Fsp3) is 0.0500. The third kappa shape index (κ3) is 3.98. The summed E-state index contributed by atoms with van der Waals surface area (Å²) in [6.07, 6.45) is 0. The van der Waals surface area contributed by atoms with Gasteiger partial charge in [-0.2, -0.15) is 0 Å². The van der Waals surface area contributed by atoms with Crippen LogP contribution in [0.15, 0.2) is 66.7 Å². The van der Waals surface area contributed by atoms with Crippen molar-refractivity contribution in [3.8, 4) is 22.6 Å². The third-order valence-corrected chi connectivity index (χ3v) is 4.84. The van der Waals surface area contributed by atoms with Gasteiger partial charge in [-0.15, -0.1) is 0 Å². The van der Waals surface area contributed by atoms with Crippen molar-refractivity contribution in [2.24, 2.45) is 0 Å². The summed E-state index contributed by atoms with van der Waals surface area (Å²) < 4.78 is 28.0. The van der Waals surface area contributed by atoms with Gasteiger partial charge in [0.1, 0.15) is 17.1 Å². The van der Waals surface area contributed by atoms with Gasteiger partial charge in [-0.25, -0.2) is 13.3 Å². The molecule has 7 nitrogen and oxygen atoms in total. The lowest BCUT2D eigenvalue weighted by Crippen LogP contribution is -2.19. The average Bonchev–Trinajstić information content (AvgIpc) is 2.68. The molecule has 3 rings (SSSR count). The molecule has 28 heavy (non-hydrogen) atoms. The van der Waals surface area contributed by atoms with Gasteiger partial charge in [-0.1, -0.05) is 24.3 Å². The van der Waals surface area contributed by atoms with Gasteiger partial charge in [-0.3, -0.25) is 4.55 Å². The lowest BCUT2D eigenvalue weighted by atomic mass is 10.0. The molecule has 0 spiro atoms. The highest BCUT2D eigenvalue weighted by Gasteiger charge is 2.19. The van der Waals surface area contributed by atoms with Crippen LogP contribution in [-0.2, 0) is 11.3 Å². The van der Waals surface area contributed by atoms with Crippen molar-refractivity contribution in [2.75, 3.05) is 11.4 Å². The molecule has 0 amide bonds. The van der Waals surface area contributed by atoms with E-state index in [-0.39, 0.29) is 11.3 Å². The maximum atomic E-state index is 12.0. The largest absolute Gasteiger partial charge is 0.507 e. The quantitative estimate of drug-likeness (QED) is 0.540. The Labute approximate surface area is 163 Å². The van der Waals surface area contributed by atoms with Crippen LogP contribution < -0.4 is 9.04 Å².